The number of amides is 1. The van der Waals surface area contributed by atoms with Crippen LogP contribution in [0.2, 0.25) is 0 Å². The van der Waals surface area contributed by atoms with Gasteiger partial charge in [0.15, 0.2) is 0 Å². The molecule has 2 rings (SSSR count). The van der Waals surface area contributed by atoms with Gasteiger partial charge in [-0.05, 0) is 6.07 Å². The molecule has 2 heterocycles. The van der Waals surface area contributed by atoms with Gasteiger partial charge >= 0.3 is 0 Å². The molecule has 0 bridgehead atoms. The summed E-state index contributed by atoms with van der Waals surface area (Å²) in [5.41, 5.74) is 11.9. The summed E-state index contributed by atoms with van der Waals surface area (Å²) in [6.45, 7) is 0.537. The van der Waals surface area contributed by atoms with Gasteiger partial charge in [-0.15, -0.1) is 0 Å². The topological polar surface area (TPSA) is 103 Å². The largest absolute Gasteiger partial charge is 0.384 e. The molecule has 0 aliphatic heterocycles. The van der Waals surface area contributed by atoms with Crippen LogP contribution >= 0.6 is 0 Å². The van der Waals surface area contributed by atoms with Gasteiger partial charge in [-0.3, -0.25) is 4.79 Å². The Morgan fingerprint density at radius 2 is 2.21 bits per heavy atom. The molecule has 0 atom stereocenters. The van der Waals surface area contributed by atoms with Crippen LogP contribution in [-0.4, -0.2) is 27.5 Å². The Morgan fingerprint density at radius 1 is 1.47 bits per heavy atom. The number of hydrogen-bond acceptors (Lipinski definition) is 5. The van der Waals surface area contributed by atoms with Crippen molar-refractivity contribution in [2.75, 3.05) is 17.7 Å². The minimum absolute atomic E-state index is 0.267. The summed E-state index contributed by atoms with van der Waals surface area (Å²) >= 11 is 0. The number of primary amides is 1. The van der Waals surface area contributed by atoms with E-state index in [9.17, 15) is 4.79 Å². The summed E-state index contributed by atoms with van der Waals surface area (Å²) in [5, 5.41) is 0. The highest BCUT2D eigenvalue weighted by atomic mass is 16.1. The van der Waals surface area contributed by atoms with Gasteiger partial charge in [-0.2, -0.15) is 0 Å². The first-order valence-corrected chi connectivity index (χ1v) is 5.71. The second-order valence-electron chi connectivity index (χ2n) is 4.30. The lowest BCUT2D eigenvalue weighted by Crippen LogP contribution is -2.24. The minimum atomic E-state index is -0.532. The first-order chi connectivity index (χ1) is 8.99. The van der Waals surface area contributed by atoms with E-state index in [-0.39, 0.29) is 5.82 Å². The van der Waals surface area contributed by atoms with Crippen LogP contribution in [0.3, 0.4) is 0 Å². The molecule has 7 nitrogen and oxygen atoms in total. The van der Waals surface area contributed by atoms with E-state index >= 15 is 0 Å². The third-order valence-electron chi connectivity index (χ3n) is 2.88. The van der Waals surface area contributed by atoms with Gasteiger partial charge in [-0.1, -0.05) is 0 Å². The van der Waals surface area contributed by atoms with Gasteiger partial charge in [0, 0.05) is 26.5 Å². The van der Waals surface area contributed by atoms with Gasteiger partial charge in [-0.25, -0.2) is 9.97 Å². The lowest BCUT2D eigenvalue weighted by atomic mass is 10.2. The van der Waals surface area contributed by atoms with E-state index in [1.165, 1.54) is 6.07 Å². The monoisotopic (exact) mass is 260 g/mol. The maximum Gasteiger partial charge on any atom is 0.251 e. The SMILES string of the molecule is CN(Cc1nccn1C)c1cnc(N)cc1C(N)=O. The molecular formula is C12H16N6O. The smallest absolute Gasteiger partial charge is 0.251 e. The van der Waals surface area contributed by atoms with Crippen molar-refractivity contribution in [3.63, 3.8) is 0 Å². The summed E-state index contributed by atoms with van der Waals surface area (Å²) in [6, 6.07) is 1.48. The van der Waals surface area contributed by atoms with Crippen molar-refractivity contribution in [2.24, 2.45) is 12.8 Å². The van der Waals surface area contributed by atoms with Crippen LogP contribution in [0.4, 0.5) is 11.5 Å². The Hall–Kier alpha value is -2.57. The fourth-order valence-corrected chi connectivity index (χ4v) is 1.81. The number of aryl methyl sites for hydroxylation is 1. The molecular weight excluding hydrogens is 244 g/mol. The first-order valence-electron chi connectivity index (χ1n) is 5.71. The zero-order valence-corrected chi connectivity index (χ0v) is 10.9. The molecule has 2 aromatic rings. The number of nitrogens with zero attached hydrogens (tertiary/aromatic N) is 4. The zero-order chi connectivity index (χ0) is 14.0. The average molecular weight is 260 g/mol. The second-order valence-corrected chi connectivity index (χ2v) is 4.30. The number of nitrogen functional groups attached to an aromatic ring is 1. The van der Waals surface area contributed by atoms with E-state index < -0.39 is 5.91 Å². The minimum Gasteiger partial charge on any atom is -0.384 e. The van der Waals surface area contributed by atoms with Crippen molar-refractivity contribution in [1.29, 1.82) is 0 Å². The molecule has 7 heteroatoms. The van der Waals surface area contributed by atoms with Crippen molar-refractivity contribution in [3.05, 3.63) is 36.0 Å². The molecule has 2 aromatic heterocycles. The fourth-order valence-electron chi connectivity index (χ4n) is 1.81. The van der Waals surface area contributed by atoms with Crippen LogP contribution in [0, 0.1) is 0 Å². The number of pyridine rings is 1. The van der Waals surface area contributed by atoms with E-state index in [0.29, 0.717) is 17.8 Å². The number of anilines is 2. The van der Waals surface area contributed by atoms with Crippen molar-refractivity contribution in [1.82, 2.24) is 14.5 Å². The molecule has 0 saturated carbocycles. The maximum atomic E-state index is 11.4. The molecule has 19 heavy (non-hydrogen) atoms. The summed E-state index contributed by atoms with van der Waals surface area (Å²) in [5.74, 6) is 0.605. The van der Waals surface area contributed by atoms with Crippen LogP contribution in [0.15, 0.2) is 24.7 Å². The molecule has 0 fully saturated rings. The van der Waals surface area contributed by atoms with Gasteiger partial charge in [0.2, 0.25) is 0 Å². The summed E-state index contributed by atoms with van der Waals surface area (Å²) in [6.07, 6.45) is 5.12. The lowest BCUT2D eigenvalue weighted by Gasteiger charge is -2.20. The van der Waals surface area contributed by atoms with Crippen molar-refractivity contribution in [2.45, 2.75) is 6.54 Å². The zero-order valence-electron chi connectivity index (χ0n) is 10.9. The maximum absolute atomic E-state index is 11.4. The van der Waals surface area contributed by atoms with Gasteiger partial charge in [0.25, 0.3) is 5.91 Å². The molecule has 0 unspecified atom stereocenters. The third kappa shape index (κ3) is 2.65. The van der Waals surface area contributed by atoms with Gasteiger partial charge < -0.3 is 20.9 Å². The molecule has 0 aliphatic carbocycles. The highest BCUT2D eigenvalue weighted by Crippen LogP contribution is 2.21. The molecule has 0 aromatic carbocycles. The van der Waals surface area contributed by atoms with Crippen molar-refractivity contribution >= 4 is 17.4 Å². The van der Waals surface area contributed by atoms with Crippen LogP contribution in [0.1, 0.15) is 16.2 Å². The van der Waals surface area contributed by atoms with E-state index in [4.69, 9.17) is 11.5 Å². The van der Waals surface area contributed by atoms with Crippen molar-refractivity contribution < 1.29 is 4.79 Å². The molecule has 0 spiro atoms. The molecule has 1 amide bonds. The Kier molecular flexibility index (Phi) is 3.37. The lowest BCUT2D eigenvalue weighted by molar-refractivity contribution is 0.100. The molecule has 4 N–H and O–H groups in total. The molecule has 0 saturated heterocycles. The Morgan fingerprint density at radius 3 is 2.79 bits per heavy atom. The highest BCUT2D eigenvalue weighted by Gasteiger charge is 2.14. The van der Waals surface area contributed by atoms with Gasteiger partial charge in [0.05, 0.1) is 24.0 Å². The van der Waals surface area contributed by atoms with Crippen LogP contribution in [-0.2, 0) is 13.6 Å². The summed E-state index contributed by atoms with van der Waals surface area (Å²) in [4.78, 5) is 21.5. The van der Waals surface area contributed by atoms with E-state index in [0.717, 1.165) is 5.82 Å². The third-order valence-corrected chi connectivity index (χ3v) is 2.88. The predicted molar refractivity (Wildman–Crippen MR) is 72.5 cm³/mol. The average Bonchev–Trinajstić information content (AvgIpc) is 2.74. The number of carbonyl (C=O) groups excluding carboxylic acids is 1. The second kappa shape index (κ2) is 4.97. The Labute approximate surface area is 110 Å². The standard InChI is InChI=1S/C12H16N6O/c1-17-4-3-15-11(17)7-18(2)9-6-16-10(13)5-8(9)12(14)19/h3-6H,7H2,1-2H3,(H2,13,16)(H2,14,19). The summed E-state index contributed by atoms with van der Waals surface area (Å²) < 4.78 is 1.91. The number of imidazole rings is 1. The summed E-state index contributed by atoms with van der Waals surface area (Å²) in [7, 11) is 3.75. The van der Waals surface area contributed by atoms with Crippen LogP contribution < -0.4 is 16.4 Å². The van der Waals surface area contributed by atoms with Crippen LogP contribution in [0.25, 0.3) is 0 Å². The quantitative estimate of drug-likeness (QED) is 0.813. The Balaban J connectivity index is 2.31. The van der Waals surface area contributed by atoms with E-state index in [1.54, 1.807) is 12.4 Å². The number of hydrogen-bond donors (Lipinski definition) is 2. The first kappa shape index (κ1) is 12.9. The number of nitrogens with two attached hydrogens (primary N) is 2. The Bertz CT molecular complexity index is 606. The fraction of sp³-hybridized carbons (Fsp3) is 0.250. The molecule has 100 valence electrons. The molecule has 0 radical (unpaired) electrons. The normalized spacial score (nSPS) is 10.4. The van der Waals surface area contributed by atoms with Crippen molar-refractivity contribution in [3.8, 4) is 0 Å². The van der Waals surface area contributed by atoms with Gasteiger partial charge in [0.1, 0.15) is 11.6 Å². The van der Waals surface area contributed by atoms with Crippen LogP contribution in [0.5, 0.6) is 0 Å². The number of carbonyl (C=O) groups is 1. The number of aromatic nitrogens is 3. The predicted octanol–water partition coefficient (Wildman–Crippen LogP) is 0.133. The van der Waals surface area contributed by atoms with E-state index in [1.807, 2.05) is 29.8 Å². The molecule has 0 aliphatic rings. The number of rotatable bonds is 4. The highest BCUT2D eigenvalue weighted by molar-refractivity contribution is 5.99. The van der Waals surface area contributed by atoms with E-state index in [2.05, 4.69) is 9.97 Å².